The van der Waals surface area contributed by atoms with Crippen molar-refractivity contribution in [1.29, 1.82) is 0 Å². The van der Waals surface area contributed by atoms with E-state index < -0.39 is 10.8 Å². The average molecular weight is 322 g/mol. The van der Waals surface area contributed by atoms with Gasteiger partial charge in [-0.2, -0.15) is 0 Å². The van der Waals surface area contributed by atoms with E-state index in [0.29, 0.717) is 11.4 Å². The summed E-state index contributed by atoms with van der Waals surface area (Å²) in [6.07, 6.45) is 0. The molecule has 0 saturated heterocycles. The molecule has 22 heavy (non-hydrogen) atoms. The number of carbonyl (C=O) groups is 1. The van der Waals surface area contributed by atoms with E-state index in [1.165, 1.54) is 26.2 Å². The fraction of sp³-hybridized carbons (Fsp3) is 0.143. The van der Waals surface area contributed by atoms with Crippen molar-refractivity contribution in [2.24, 2.45) is 0 Å². The molecule has 0 unspecified atom stereocenters. The minimum atomic E-state index is -0.613. The third-order valence-electron chi connectivity index (χ3n) is 2.87. The smallest absolute Gasteiger partial charge is 0.312 e. The minimum absolute atomic E-state index is 0.0559. The number of amides is 1. The van der Waals surface area contributed by atoms with Crippen LogP contribution in [0, 0.1) is 10.1 Å². The van der Waals surface area contributed by atoms with Gasteiger partial charge in [0, 0.05) is 13.0 Å². The predicted molar refractivity (Wildman–Crippen MR) is 81.7 cm³/mol. The molecule has 114 valence electrons. The van der Waals surface area contributed by atoms with Gasteiger partial charge in [0.05, 0.1) is 17.7 Å². The maximum absolute atomic E-state index is 12.0. The van der Waals surface area contributed by atoms with Crippen LogP contribution in [0.3, 0.4) is 0 Å². The number of hydrogen-bond donors (Lipinski definition) is 0. The molecule has 0 spiro atoms. The SMILES string of the molecule is COc1ccc(N(C(C)=O)c2nc(Cl)ccc2[N+](=O)[O-])cc1. The first-order chi connectivity index (χ1) is 10.4. The van der Waals surface area contributed by atoms with E-state index in [-0.39, 0.29) is 16.7 Å². The summed E-state index contributed by atoms with van der Waals surface area (Å²) in [6, 6.07) is 9.00. The number of nitro groups is 1. The number of pyridine rings is 1. The van der Waals surface area contributed by atoms with Gasteiger partial charge in [-0.05, 0) is 30.3 Å². The van der Waals surface area contributed by atoms with E-state index in [1.54, 1.807) is 24.3 Å². The lowest BCUT2D eigenvalue weighted by Crippen LogP contribution is -2.24. The Hall–Kier alpha value is -2.67. The van der Waals surface area contributed by atoms with E-state index >= 15 is 0 Å². The third kappa shape index (κ3) is 3.15. The van der Waals surface area contributed by atoms with Crippen LogP contribution in [0.5, 0.6) is 5.75 Å². The van der Waals surface area contributed by atoms with Crippen molar-refractivity contribution in [2.45, 2.75) is 6.92 Å². The molecule has 1 aromatic carbocycles. The van der Waals surface area contributed by atoms with Crippen molar-refractivity contribution in [1.82, 2.24) is 4.98 Å². The van der Waals surface area contributed by atoms with Gasteiger partial charge in [0.2, 0.25) is 11.7 Å². The molecule has 2 rings (SSSR count). The van der Waals surface area contributed by atoms with Crippen molar-refractivity contribution in [3.8, 4) is 5.75 Å². The van der Waals surface area contributed by atoms with Crippen LogP contribution < -0.4 is 9.64 Å². The number of ether oxygens (including phenoxy) is 1. The summed E-state index contributed by atoms with van der Waals surface area (Å²) in [7, 11) is 1.51. The topological polar surface area (TPSA) is 85.6 Å². The van der Waals surface area contributed by atoms with Crippen LogP contribution >= 0.6 is 11.6 Å². The molecule has 1 amide bonds. The molecule has 0 bridgehead atoms. The van der Waals surface area contributed by atoms with Gasteiger partial charge in [0.1, 0.15) is 10.9 Å². The number of anilines is 2. The average Bonchev–Trinajstić information content (AvgIpc) is 2.47. The Morgan fingerprint density at radius 2 is 1.91 bits per heavy atom. The summed E-state index contributed by atoms with van der Waals surface area (Å²) >= 11 is 5.81. The van der Waals surface area contributed by atoms with Gasteiger partial charge in [0.15, 0.2) is 0 Å². The standard InChI is InChI=1S/C14H12ClN3O4/c1-9(19)17(10-3-5-11(22-2)6-4-10)14-12(18(20)21)7-8-13(15)16-14/h3-8H,1-2H3. The highest BCUT2D eigenvalue weighted by Crippen LogP contribution is 2.33. The first-order valence-corrected chi connectivity index (χ1v) is 6.57. The molecule has 7 nitrogen and oxygen atoms in total. The molecule has 1 heterocycles. The van der Waals surface area contributed by atoms with Crippen LogP contribution in [0.2, 0.25) is 5.15 Å². The van der Waals surface area contributed by atoms with E-state index in [4.69, 9.17) is 16.3 Å². The Labute approximate surface area is 131 Å². The Bertz CT molecular complexity index is 719. The maximum atomic E-state index is 12.0. The zero-order valence-corrected chi connectivity index (χ0v) is 12.6. The highest BCUT2D eigenvalue weighted by Gasteiger charge is 2.26. The maximum Gasteiger partial charge on any atom is 0.312 e. The number of carbonyl (C=O) groups excluding carboxylic acids is 1. The number of rotatable bonds is 4. The summed E-state index contributed by atoms with van der Waals surface area (Å²) in [5, 5.41) is 11.2. The first-order valence-electron chi connectivity index (χ1n) is 6.19. The van der Waals surface area contributed by atoms with Gasteiger partial charge in [-0.3, -0.25) is 19.8 Å². The predicted octanol–water partition coefficient (Wildman–Crippen LogP) is 3.34. The molecule has 0 radical (unpaired) electrons. The molecule has 0 saturated carbocycles. The second-order valence-electron chi connectivity index (χ2n) is 4.29. The van der Waals surface area contributed by atoms with Gasteiger partial charge in [-0.1, -0.05) is 11.6 Å². The monoisotopic (exact) mass is 321 g/mol. The lowest BCUT2D eigenvalue weighted by Gasteiger charge is -2.20. The fourth-order valence-corrected chi connectivity index (χ4v) is 2.05. The van der Waals surface area contributed by atoms with Crippen LogP contribution in [0.4, 0.5) is 17.2 Å². The largest absolute Gasteiger partial charge is 0.497 e. The Morgan fingerprint density at radius 1 is 1.27 bits per heavy atom. The normalized spacial score (nSPS) is 10.1. The van der Waals surface area contributed by atoms with Crippen LogP contribution in [0.1, 0.15) is 6.92 Å². The van der Waals surface area contributed by atoms with E-state index in [2.05, 4.69) is 4.98 Å². The van der Waals surface area contributed by atoms with E-state index in [1.807, 2.05) is 0 Å². The number of hydrogen-bond acceptors (Lipinski definition) is 5. The second-order valence-corrected chi connectivity index (χ2v) is 4.67. The second kappa shape index (κ2) is 6.40. The highest BCUT2D eigenvalue weighted by molar-refractivity contribution is 6.29. The molecule has 0 aliphatic carbocycles. The van der Waals surface area contributed by atoms with Crippen molar-refractivity contribution in [2.75, 3.05) is 12.0 Å². The summed E-state index contributed by atoms with van der Waals surface area (Å²) in [6.45, 7) is 1.29. The van der Waals surface area contributed by atoms with E-state index in [9.17, 15) is 14.9 Å². The first kappa shape index (κ1) is 15.7. The van der Waals surface area contributed by atoms with Crippen LogP contribution in [0.15, 0.2) is 36.4 Å². The molecule has 0 aliphatic heterocycles. The van der Waals surface area contributed by atoms with Gasteiger partial charge in [-0.25, -0.2) is 4.98 Å². The third-order valence-corrected chi connectivity index (χ3v) is 3.09. The van der Waals surface area contributed by atoms with Crippen molar-refractivity contribution in [3.05, 3.63) is 51.7 Å². The van der Waals surface area contributed by atoms with Crippen LogP contribution in [-0.4, -0.2) is 22.9 Å². The molecule has 0 N–H and O–H groups in total. The number of benzene rings is 1. The van der Waals surface area contributed by atoms with E-state index in [0.717, 1.165) is 4.90 Å². The quantitative estimate of drug-likeness (QED) is 0.490. The van der Waals surface area contributed by atoms with Gasteiger partial charge >= 0.3 is 5.69 Å². The highest BCUT2D eigenvalue weighted by atomic mass is 35.5. The van der Waals surface area contributed by atoms with Crippen molar-refractivity contribution >= 4 is 34.7 Å². The Morgan fingerprint density at radius 3 is 2.41 bits per heavy atom. The minimum Gasteiger partial charge on any atom is -0.497 e. The van der Waals surface area contributed by atoms with Gasteiger partial charge in [0.25, 0.3) is 0 Å². The summed E-state index contributed by atoms with van der Waals surface area (Å²) in [5.74, 6) is 0.0407. The van der Waals surface area contributed by atoms with Crippen molar-refractivity contribution in [3.63, 3.8) is 0 Å². The lowest BCUT2D eigenvalue weighted by atomic mass is 10.2. The number of halogens is 1. The molecular weight excluding hydrogens is 310 g/mol. The summed E-state index contributed by atoms with van der Waals surface area (Å²) < 4.78 is 5.05. The van der Waals surface area contributed by atoms with Gasteiger partial charge in [-0.15, -0.1) is 0 Å². The Kier molecular flexibility index (Phi) is 4.57. The van der Waals surface area contributed by atoms with Crippen LogP contribution in [0.25, 0.3) is 0 Å². The van der Waals surface area contributed by atoms with Crippen LogP contribution in [-0.2, 0) is 4.79 Å². The molecule has 1 aromatic heterocycles. The number of aromatic nitrogens is 1. The number of nitrogens with zero attached hydrogens (tertiary/aromatic N) is 3. The summed E-state index contributed by atoms with van der Waals surface area (Å²) in [4.78, 5) is 27.6. The zero-order chi connectivity index (χ0) is 16.3. The fourth-order valence-electron chi connectivity index (χ4n) is 1.91. The Balaban J connectivity index is 2.59. The molecule has 8 heteroatoms. The molecule has 0 atom stereocenters. The summed E-state index contributed by atoms with van der Waals surface area (Å²) in [5.41, 5.74) is 0.113. The molecular formula is C14H12ClN3O4. The van der Waals surface area contributed by atoms with Crippen molar-refractivity contribution < 1.29 is 14.5 Å². The number of methoxy groups -OCH3 is 1. The molecule has 0 fully saturated rings. The molecule has 0 aliphatic rings. The lowest BCUT2D eigenvalue weighted by molar-refractivity contribution is -0.384. The zero-order valence-electron chi connectivity index (χ0n) is 11.8. The van der Waals surface area contributed by atoms with Gasteiger partial charge < -0.3 is 4.74 Å². The molecule has 2 aromatic rings.